The van der Waals surface area contributed by atoms with Crippen molar-refractivity contribution in [1.29, 1.82) is 0 Å². The molecule has 0 heterocycles. The maximum atomic E-state index is 11.7. The summed E-state index contributed by atoms with van der Waals surface area (Å²) >= 11 is 0. The van der Waals surface area contributed by atoms with Crippen molar-refractivity contribution in [2.45, 2.75) is 59.1 Å². The van der Waals surface area contributed by atoms with E-state index in [1.54, 1.807) is 0 Å². The molecule has 0 aliphatic carbocycles. The number of hydrogen-bond donors (Lipinski definition) is 2. The van der Waals surface area contributed by atoms with Gasteiger partial charge >= 0.3 is 6.09 Å². The number of aliphatic hydroxyl groups excluding tert-OH is 1. The van der Waals surface area contributed by atoms with Gasteiger partial charge in [0.15, 0.2) is 0 Å². The summed E-state index contributed by atoms with van der Waals surface area (Å²) in [4.78, 5) is 11.7. The fraction of sp³-hybridized carbons (Fsp3) is 0.611. The molecule has 0 fully saturated rings. The van der Waals surface area contributed by atoms with E-state index in [-0.39, 0.29) is 12.6 Å². The van der Waals surface area contributed by atoms with Crippen LogP contribution < -0.4 is 5.32 Å². The molecule has 0 radical (unpaired) electrons. The van der Waals surface area contributed by atoms with E-state index in [0.717, 1.165) is 12.0 Å². The van der Waals surface area contributed by atoms with Crippen molar-refractivity contribution in [1.82, 2.24) is 5.32 Å². The predicted octanol–water partition coefficient (Wildman–Crippen LogP) is 3.31. The van der Waals surface area contributed by atoms with E-state index in [1.807, 2.05) is 20.8 Å². The molecule has 0 bridgehead atoms. The molecule has 0 unspecified atom stereocenters. The highest BCUT2D eigenvalue weighted by atomic mass is 16.6. The van der Waals surface area contributed by atoms with E-state index in [9.17, 15) is 9.90 Å². The lowest BCUT2D eigenvalue weighted by atomic mass is 9.99. The second kappa shape index (κ2) is 8.18. The van der Waals surface area contributed by atoms with Crippen LogP contribution >= 0.6 is 0 Å². The van der Waals surface area contributed by atoms with Crippen LogP contribution in [0.5, 0.6) is 0 Å². The van der Waals surface area contributed by atoms with Crippen LogP contribution in [0.15, 0.2) is 24.3 Å². The van der Waals surface area contributed by atoms with Gasteiger partial charge in [0.05, 0.1) is 12.6 Å². The lowest BCUT2D eigenvalue weighted by Crippen LogP contribution is -2.42. The first-order valence-corrected chi connectivity index (χ1v) is 7.88. The van der Waals surface area contributed by atoms with Crippen LogP contribution in [0.3, 0.4) is 0 Å². The van der Waals surface area contributed by atoms with Crippen LogP contribution in [0.4, 0.5) is 4.79 Å². The highest BCUT2D eigenvalue weighted by molar-refractivity contribution is 5.68. The zero-order valence-corrected chi connectivity index (χ0v) is 14.3. The number of aliphatic hydroxyl groups is 1. The van der Waals surface area contributed by atoms with Crippen molar-refractivity contribution in [3.8, 4) is 0 Å². The van der Waals surface area contributed by atoms with Crippen molar-refractivity contribution >= 4 is 6.09 Å². The Bertz CT molecular complexity index is 460. The van der Waals surface area contributed by atoms with Gasteiger partial charge in [0, 0.05) is 0 Å². The summed E-state index contributed by atoms with van der Waals surface area (Å²) in [6.45, 7) is 9.71. The Kier molecular flexibility index (Phi) is 6.88. The molecule has 0 aliphatic rings. The molecular formula is C18H29NO3. The lowest BCUT2D eigenvalue weighted by Gasteiger charge is -2.22. The van der Waals surface area contributed by atoms with Crippen molar-refractivity contribution in [2.24, 2.45) is 5.92 Å². The lowest BCUT2D eigenvalue weighted by molar-refractivity contribution is 0.0483. The van der Waals surface area contributed by atoms with Crippen molar-refractivity contribution < 1.29 is 14.6 Å². The molecule has 4 nitrogen and oxygen atoms in total. The summed E-state index contributed by atoms with van der Waals surface area (Å²) in [5, 5.41) is 12.1. The highest BCUT2D eigenvalue weighted by Crippen LogP contribution is 2.12. The number of benzene rings is 1. The molecule has 1 atom stereocenters. The first-order valence-electron chi connectivity index (χ1n) is 7.88. The first kappa shape index (κ1) is 18.5. The largest absolute Gasteiger partial charge is 0.444 e. The van der Waals surface area contributed by atoms with Crippen molar-refractivity contribution in [3.05, 3.63) is 35.4 Å². The van der Waals surface area contributed by atoms with E-state index in [4.69, 9.17) is 4.74 Å². The Hall–Kier alpha value is -1.55. The third kappa shape index (κ3) is 7.46. The molecule has 2 N–H and O–H groups in total. The number of hydrogen-bond acceptors (Lipinski definition) is 3. The van der Waals surface area contributed by atoms with Crippen LogP contribution in [0, 0.1) is 5.92 Å². The molecule has 1 amide bonds. The summed E-state index contributed by atoms with van der Waals surface area (Å²) in [7, 11) is 0. The van der Waals surface area contributed by atoms with Gasteiger partial charge in [-0.05, 0) is 50.7 Å². The van der Waals surface area contributed by atoms with E-state index >= 15 is 0 Å². The molecule has 0 spiro atoms. The van der Waals surface area contributed by atoms with Gasteiger partial charge < -0.3 is 15.2 Å². The average molecular weight is 307 g/mol. The number of amides is 1. The van der Waals surface area contributed by atoms with E-state index in [2.05, 4.69) is 43.4 Å². The molecule has 1 aromatic rings. The minimum Gasteiger partial charge on any atom is -0.444 e. The molecule has 0 saturated heterocycles. The number of rotatable bonds is 6. The third-order valence-corrected chi connectivity index (χ3v) is 3.09. The van der Waals surface area contributed by atoms with Crippen LogP contribution in [0.1, 0.15) is 45.7 Å². The number of ether oxygens (including phenoxy) is 1. The molecule has 22 heavy (non-hydrogen) atoms. The third-order valence-electron chi connectivity index (χ3n) is 3.09. The first-order chi connectivity index (χ1) is 10.2. The Labute approximate surface area is 133 Å². The fourth-order valence-corrected chi connectivity index (χ4v) is 2.20. The Morgan fingerprint density at radius 2 is 1.64 bits per heavy atom. The Balaban J connectivity index is 2.57. The summed E-state index contributed by atoms with van der Waals surface area (Å²) in [6.07, 6.45) is 1.14. The molecule has 124 valence electrons. The topological polar surface area (TPSA) is 58.6 Å². The monoisotopic (exact) mass is 307 g/mol. The zero-order chi connectivity index (χ0) is 16.8. The SMILES string of the molecule is CC(C)Cc1ccc(C[C@@H](CO)NC(=O)OC(C)(C)C)cc1. The second-order valence-electron chi connectivity index (χ2n) is 7.14. The van der Waals surface area contributed by atoms with Gasteiger partial charge in [-0.1, -0.05) is 38.1 Å². The van der Waals surface area contributed by atoms with Gasteiger partial charge in [-0.15, -0.1) is 0 Å². The smallest absolute Gasteiger partial charge is 0.407 e. The van der Waals surface area contributed by atoms with E-state index < -0.39 is 11.7 Å². The minimum absolute atomic E-state index is 0.118. The summed E-state index contributed by atoms with van der Waals surface area (Å²) in [5.41, 5.74) is 1.85. The molecule has 0 aromatic heterocycles. The summed E-state index contributed by atoms with van der Waals surface area (Å²) < 4.78 is 5.21. The molecule has 4 heteroatoms. The second-order valence-corrected chi connectivity index (χ2v) is 7.14. The predicted molar refractivity (Wildman–Crippen MR) is 88.9 cm³/mol. The quantitative estimate of drug-likeness (QED) is 0.847. The Morgan fingerprint density at radius 3 is 2.05 bits per heavy atom. The zero-order valence-electron chi connectivity index (χ0n) is 14.3. The fourth-order valence-electron chi connectivity index (χ4n) is 2.20. The van der Waals surface area contributed by atoms with Crippen molar-refractivity contribution in [2.75, 3.05) is 6.61 Å². The van der Waals surface area contributed by atoms with Gasteiger partial charge in [-0.3, -0.25) is 0 Å². The summed E-state index contributed by atoms with van der Waals surface area (Å²) in [5.74, 6) is 0.630. The number of carbonyl (C=O) groups is 1. The molecule has 1 rings (SSSR count). The molecule has 0 saturated carbocycles. The maximum absolute atomic E-state index is 11.7. The van der Waals surface area contributed by atoms with Gasteiger partial charge in [0.2, 0.25) is 0 Å². The van der Waals surface area contributed by atoms with Gasteiger partial charge in [-0.2, -0.15) is 0 Å². The molecular weight excluding hydrogens is 278 g/mol. The summed E-state index contributed by atoms with van der Waals surface area (Å²) in [6, 6.07) is 7.98. The average Bonchev–Trinajstić information content (AvgIpc) is 2.37. The number of alkyl carbamates (subject to hydrolysis) is 1. The van der Waals surface area contributed by atoms with Crippen LogP contribution in [0.25, 0.3) is 0 Å². The minimum atomic E-state index is -0.539. The maximum Gasteiger partial charge on any atom is 0.407 e. The standard InChI is InChI=1S/C18H29NO3/c1-13(2)10-14-6-8-15(9-7-14)11-16(12-20)19-17(21)22-18(3,4)5/h6-9,13,16,20H,10-12H2,1-5H3,(H,19,21)/t16-/m0/s1. The van der Waals surface area contributed by atoms with Crippen LogP contribution in [-0.4, -0.2) is 29.4 Å². The normalized spacial score (nSPS) is 13.0. The van der Waals surface area contributed by atoms with Crippen LogP contribution in [0.2, 0.25) is 0 Å². The van der Waals surface area contributed by atoms with Gasteiger partial charge in [-0.25, -0.2) is 4.79 Å². The number of carbonyl (C=O) groups excluding carboxylic acids is 1. The van der Waals surface area contributed by atoms with Crippen LogP contribution in [-0.2, 0) is 17.6 Å². The van der Waals surface area contributed by atoms with Gasteiger partial charge in [0.25, 0.3) is 0 Å². The highest BCUT2D eigenvalue weighted by Gasteiger charge is 2.19. The van der Waals surface area contributed by atoms with E-state index in [0.29, 0.717) is 12.3 Å². The Morgan fingerprint density at radius 1 is 1.14 bits per heavy atom. The number of nitrogens with one attached hydrogen (secondary N) is 1. The van der Waals surface area contributed by atoms with E-state index in [1.165, 1.54) is 5.56 Å². The van der Waals surface area contributed by atoms with Gasteiger partial charge in [0.1, 0.15) is 5.60 Å². The molecule has 0 aliphatic heterocycles. The molecule has 1 aromatic carbocycles. The van der Waals surface area contributed by atoms with Crippen molar-refractivity contribution in [3.63, 3.8) is 0 Å².